The molecule has 0 aliphatic carbocycles. The minimum Gasteiger partial charge on any atom is -0.343 e. The Morgan fingerprint density at radius 2 is 0.966 bits per heavy atom. The summed E-state index contributed by atoms with van der Waals surface area (Å²) in [6.07, 6.45) is 5.22. The van der Waals surface area contributed by atoms with Crippen molar-refractivity contribution in [2.75, 3.05) is 65.4 Å². The summed E-state index contributed by atoms with van der Waals surface area (Å²) < 4.78 is 0. The summed E-state index contributed by atoms with van der Waals surface area (Å²) in [6.45, 7) is 18.1. The fourth-order valence-corrected chi connectivity index (χ4v) is 4.91. The van der Waals surface area contributed by atoms with Crippen LogP contribution in [0.1, 0.15) is 59.8 Å². The first-order valence-corrected chi connectivity index (χ1v) is 12.1. The number of likely N-dealkylation sites (tertiary alicyclic amines) is 2. The molecule has 0 radical (unpaired) electrons. The number of piperidine rings is 2. The van der Waals surface area contributed by atoms with Crippen molar-refractivity contribution in [1.29, 1.82) is 0 Å². The second-order valence-corrected chi connectivity index (χ2v) is 8.61. The maximum absolute atomic E-state index is 12.5. The van der Waals surface area contributed by atoms with E-state index in [0.29, 0.717) is 11.8 Å². The van der Waals surface area contributed by atoms with Crippen molar-refractivity contribution < 1.29 is 9.59 Å². The van der Waals surface area contributed by atoms with Crippen molar-refractivity contribution >= 4 is 11.8 Å². The van der Waals surface area contributed by atoms with Crippen molar-refractivity contribution in [2.24, 2.45) is 11.8 Å². The van der Waals surface area contributed by atoms with Gasteiger partial charge in [0.1, 0.15) is 0 Å². The smallest absolute Gasteiger partial charge is 0.225 e. The molecule has 2 amide bonds. The highest BCUT2D eigenvalue weighted by atomic mass is 16.2. The molecule has 0 unspecified atom stereocenters. The molecule has 0 saturated carbocycles. The number of hydrogen-bond acceptors (Lipinski definition) is 4. The Bertz CT molecular complexity index is 445. The van der Waals surface area contributed by atoms with Gasteiger partial charge in [-0.05, 0) is 99.1 Å². The molecule has 0 aromatic carbocycles. The first kappa shape index (κ1) is 24.1. The van der Waals surface area contributed by atoms with Crippen molar-refractivity contribution in [2.45, 2.75) is 59.8 Å². The highest BCUT2D eigenvalue weighted by Gasteiger charge is 2.29. The molecule has 0 atom stereocenters. The van der Waals surface area contributed by atoms with Crippen molar-refractivity contribution in [3.05, 3.63) is 0 Å². The van der Waals surface area contributed by atoms with Crippen LogP contribution in [-0.4, -0.2) is 96.9 Å². The Morgan fingerprint density at radius 1 is 0.655 bits per heavy atom. The van der Waals surface area contributed by atoms with Gasteiger partial charge in [-0.2, -0.15) is 0 Å². The van der Waals surface area contributed by atoms with E-state index in [2.05, 4.69) is 37.5 Å². The van der Waals surface area contributed by atoms with E-state index in [-0.39, 0.29) is 11.8 Å². The number of rotatable bonds is 10. The lowest BCUT2D eigenvalue weighted by atomic mass is 9.94. The quantitative estimate of drug-likeness (QED) is 0.557. The zero-order valence-electron chi connectivity index (χ0n) is 19.4. The van der Waals surface area contributed by atoms with Gasteiger partial charge in [-0.15, -0.1) is 0 Å². The summed E-state index contributed by atoms with van der Waals surface area (Å²) in [4.78, 5) is 34.1. The number of nitrogens with zero attached hydrogens (tertiary/aromatic N) is 4. The molecule has 2 heterocycles. The summed E-state index contributed by atoms with van der Waals surface area (Å²) >= 11 is 0. The molecule has 2 aliphatic heterocycles. The van der Waals surface area contributed by atoms with E-state index in [1.807, 2.05) is 9.80 Å². The minimum absolute atomic E-state index is 0.230. The van der Waals surface area contributed by atoms with Crippen LogP contribution in [0, 0.1) is 11.8 Å². The number of carbonyl (C=O) groups is 2. The molecule has 6 heteroatoms. The van der Waals surface area contributed by atoms with Gasteiger partial charge in [-0.3, -0.25) is 9.59 Å². The molecule has 0 N–H and O–H groups in total. The van der Waals surface area contributed by atoms with Gasteiger partial charge in [0.2, 0.25) is 11.8 Å². The molecule has 0 bridgehead atoms. The van der Waals surface area contributed by atoms with Crippen LogP contribution in [0.4, 0.5) is 0 Å². The van der Waals surface area contributed by atoms with E-state index in [1.54, 1.807) is 0 Å². The molecule has 2 saturated heterocycles. The topological polar surface area (TPSA) is 47.1 Å². The first-order chi connectivity index (χ1) is 14.0. The van der Waals surface area contributed by atoms with Gasteiger partial charge in [0.15, 0.2) is 0 Å². The molecular weight excluding hydrogens is 364 g/mol. The van der Waals surface area contributed by atoms with Crippen molar-refractivity contribution in [3.63, 3.8) is 0 Å². The van der Waals surface area contributed by atoms with E-state index < -0.39 is 0 Å². The van der Waals surface area contributed by atoms with Crippen molar-refractivity contribution in [1.82, 2.24) is 19.6 Å². The molecule has 29 heavy (non-hydrogen) atoms. The van der Waals surface area contributed by atoms with Gasteiger partial charge in [-0.1, -0.05) is 0 Å². The van der Waals surface area contributed by atoms with Crippen LogP contribution in [0.3, 0.4) is 0 Å². The van der Waals surface area contributed by atoms with E-state index in [1.165, 1.54) is 6.42 Å². The molecule has 168 valence electrons. The third kappa shape index (κ3) is 6.95. The second kappa shape index (κ2) is 12.5. The lowest BCUT2D eigenvalue weighted by Gasteiger charge is -2.35. The lowest BCUT2D eigenvalue weighted by Crippen LogP contribution is -2.44. The predicted molar refractivity (Wildman–Crippen MR) is 119 cm³/mol. The average Bonchev–Trinajstić information content (AvgIpc) is 2.76. The van der Waals surface area contributed by atoms with Crippen LogP contribution >= 0.6 is 0 Å². The van der Waals surface area contributed by atoms with Gasteiger partial charge in [0, 0.05) is 38.0 Å². The fraction of sp³-hybridized carbons (Fsp3) is 0.913. The third-order valence-corrected chi connectivity index (χ3v) is 6.97. The first-order valence-electron chi connectivity index (χ1n) is 12.1. The standard InChI is InChI=1S/C23H44N4O2/c1-5-26(6-2)22(28)20-10-16-24(17-11-20)14-9-15-25-18-12-21(13-19-25)23(29)27(7-3)8-4/h20-21H,5-19H2,1-4H3. The molecule has 2 aliphatic rings. The molecule has 2 rings (SSSR count). The van der Waals surface area contributed by atoms with Crippen LogP contribution in [0.15, 0.2) is 0 Å². The normalized spacial score (nSPS) is 20.0. The summed E-state index contributed by atoms with van der Waals surface area (Å²) in [7, 11) is 0. The highest BCUT2D eigenvalue weighted by molar-refractivity contribution is 5.79. The van der Waals surface area contributed by atoms with Gasteiger partial charge >= 0.3 is 0 Å². The maximum Gasteiger partial charge on any atom is 0.225 e. The zero-order chi connectivity index (χ0) is 21.2. The summed E-state index contributed by atoms with van der Waals surface area (Å²) in [5.41, 5.74) is 0. The van der Waals surface area contributed by atoms with Gasteiger partial charge in [-0.25, -0.2) is 0 Å². The molecule has 0 aromatic heterocycles. The minimum atomic E-state index is 0.230. The second-order valence-electron chi connectivity index (χ2n) is 8.61. The lowest BCUT2D eigenvalue weighted by molar-refractivity contribution is -0.137. The zero-order valence-corrected chi connectivity index (χ0v) is 19.4. The summed E-state index contributed by atoms with van der Waals surface area (Å²) in [6, 6.07) is 0. The maximum atomic E-state index is 12.5. The predicted octanol–water partition coefficient (Wildman–Crippen LogP) is 2.54. The SMILES string of the molecule is CCN(CC)C(=O)C1CCN(CCCN2CCC(C(=O)N(CC)CC)CC2)CC1. The number of carbonyl (C=O) groups excluding carboxylic acids is 2. The largest absolute Gasteiger partial charge is 0.343 e. The van der Waals surface area contributed by atoms with E-state index in [9.17, 15) is 9.59 Å². The van der Waals surface area contributed by atoms with Crippen LogP contribution in [0.5, 0.6) is 0 Å². The highest BCUT2D eigenvalue weighted by Crippen LogP contribution is 2.21. The Kier molecular flexibility index (Phi) is 10.4. The van der Waals surface area contributed by atoms with E-state index in [0.717, 1.165) is 91.1 Å². The molecule has 0 spiro atoms. The summed E-state index contributed by atoms with van der Waals surface area (Å²) in [5, 5.41) is 0. The Hall–Kier alpha value is -1.14. The Morgan fingerprint density at radius 3 is 1.24 bits per heavy atom. The van der Waals surface area contributed by atoms with Crippen LogP contribution < -0.4 is 0 Å². The average molecular weight is 409 g/mol. The van der Waals surface area contributed by atoms with E-state index in [4.69, 9.17) is 0 Å². The third-order valence-electron chi connectivity index (χ3n) is 6.97. The number of hydrogen-bond donors (Lipinski definition) is 0. The van der Waals surface area contributed by atoms with Crippen molar-refractivity contribution in [3.8, 4) is 0 Å². The van der Waals surface area contributed by atoms with Crippen LogP contribution in [-0.2, 0) is 9.59 Å². The molecule has 2 fully saturated rings. The Balaban J connectivity index is 1.61. The van der Waals surface area contributed by atoms with Gasteiger partial charge in [0.05, 0.1) is 0 Å². The van der Waals surface area contributed by atoms with Gasteiger partial charge < -0.3 is 19.6 Å². The Labute approximate surface area is 178 Å². The molecule has 0 aromatic rings. The molecule has 6 nitrogen and oxygen atoms in total. The molecular formula is C23H44N4O2. The van der Waals surface area contributed by atoms with Crippen LogP contribution in [0.25, 0.3) is 0 Å². The summed E-state index contributed by atoms with van der Waals surface area (Å²) in [5.74, 6) is 1.18. The fourth-order valence-electron chi connectivity index (χ4n) is 4.91. The number of amides is 2. The monoisotopic (exact) mass is 408 g/mol. The van der Waals surface area contributed by atoms with E-state index >= 15 is 0 Å². The van der Waals surface area contributed by atoms with Gasteiger partial charge in [0.25, 0.3) is 0 Å². The van der Waals surface area contributed by atoms with Crippen LogP contribution in [0.2, 0.25) is 0 Å².